The Balaban J connectivity index is 2.38. The van der Waals surface area contributed by atoms with Gasteiger partial charge in [-0.25, -0.2) is 9.59 Å². The molecule has 1 aromatic carbocycles. The standard InChI is InChI=1S/C18H25NO6/c1-18(2,3)25-17(22)19-12(7-8-13(19)16(20)21)11-6-9-14(23-4)15(10-11)24-5/h6,9-10,12-13H,7-8H2,1-5H3,(H,20,21)/t12-,13-/m1/s1. The Bertz CT molecular complexity index is 651. The van der Waals surface area contributed by atoms with Crippen molar-refractivity contribution in [3.8, 4) is 11.5 Å². The van der Waals surface area contributed by atoms with Gasteiger partial charge in [0.25, 0.3) is 0 Å². The Hall–Kier alpha value is -2.44. The molecule has 0 saturated carbocycles. The minimum Gasteiger partial charge on any atom is -0.493 e. The summed E-state index contributed by atoms with van der Waals surface area (Å²) in [6.45, 7) is 5.26. The number of carboxylic acid groups (broad SMARTS) is 1. The molecule has 1 aromatic rings. The van der Waals surface area contributed by atoms with Crippen LogP contribution in [0.25, 0.3) is 0 Å². The molecule has 0 spiro atoms. The highest BCUT2D eigenvalue weighted by molar-refractivity contribution is 5.81. The summed E-state index contributed by atoms with van der Waals surface area (Å²) >= 11 is 0. The molecule has 1 aliphatic heterocycles. The number of carbonyl (C=O) groups excluding carboxylic acids is 1. The van der Waals surface area contributed by atoms with Crippen LogP contribution in [0.1, 0.15) is 45.2 Å². The Kier molecular flexibility index (Phi) is 5.45. The van der Waals surface area contributed by atoms with Crippen molar-refractivity contribution in [2.24, 2.45) is 0 Å². The summed E-state index contributed by atoms with van der Waals surface area (Å²) in [7, 11) is 3.07. The van der Waals surface area contributed by atoms with Crippen LogP contribution in [0.4, 0.5) is 4.79 Å². The molecule has 2 rings (SSSR count). The summed E-state index contributed by atoms with van der Waals surface area (Å²) in [4.78, 5) is 25.5. The Morgan fingerprint density at radius 1 is 1.12 bits per heavy atom. The van der Waals surface area contributed by atoms with Crippen molar-refractivity contribution in [2.75, 3.05) is 14.2 Å². The maximum atomic E-state index is 12.6. The second kappa shape index (κ2) is 7.21. The van der Waals surface area contributed by atoms with E-state index in [1.165, 1.54) is 12.0 Å². The van der Waals surface area contributed by atoms with E-state index in [9.17, 15) is 14.7 Å². The maximum absolute atomic E-state index is 12.6. The normalized spacial score (nSPS) is 20.3. The summed E-state index contributed by atoms with van der Waals surface area (Å²) < 4.78 is 16.0. The quantitative estimate of drug-likeness (QED) is 0.896. The summed E-state index contributed by atoms with van der Waals surface area (Å²) in [5.74, 6) is 0.0691. The van der Waals surface area contributed by atoms with Gasteiger partial charge in [0.2, 0.25) is 0 Å². The molecular formula is C18H25NO6. The van der Waals surface area contributed by atoms with Crippen molar-refractivity contribution in [3.05, 3.63) is 23.8 Å². The number of carbonyl (C=O) groups is 2. The Morgan fingerprint density at radius 3 is 2.28 bits per heavy atom. The van der Waals surface area contributed by atoms with Gasteiger partial charge in [-0.2, -0.15) is 0 Å². The number of hydrogen-bond acceptors (Lipinski definition) is 5. The molecule has 0 aliphatic carbocycles. The molecule has 1 fully saturated rings. The van der Waals surface area contributed by atoms with Gasteiger partial charge in [-0.1, -0.05) is 6.07 Å². The lowest BCUT2D eigenvalue weighted by Crippen LogP contribution is -2.44. The van der Waals surface area contributed by atoms with Gasteiger partial charge in [-0.05, 0) is 51.3 Å². The van der Waals surface area contributed by atoms with Gasteiger partial charge >= 0.3 is 12.1 Å². The first-order valence-electron chi connectivity index (χ1n) is 8.14. The van der Waals surface area contributed by atoms with E-state index < -0.39 is 29.7 Å². The SMILES string of the molecule is COc1ccc([C@H]2CC[C@H](C(=O)O)N2C(=O)OC(C)(C)C)cc1OC. The van der Waals surface area contributed by atoms with Gasteiger partial charge in [0.05, 0.1) is 20.3 Å². The lowest BCUT2D eigenvalue weighted by atomic mass is 10.0. The fraction of sp³-hybridized carbons (Fsp3) is 0.556. The summed E-state index contributed by atoms with van der Waals surface area (Å²) in [5, 5.41) is 9.48. The monoisotopic (exact) mass is 351 g/mol. The third-order valence-corrected chi connectivity index (χ3v) is 4.07. The highest BCUT2D eigenvalue weighted by Crippen LogP contribution is 2.40. The van der Waals surface area contributed by atoms with Crippen LogP contribution in [0.15, 0.2) is 18.2 Å². The predicted octanol–water partition coefficient (Wildman–Crippen LogP) is 3.23. The van der Waals surface area contributed by atoms with E-state index in [1.54, 1.807) is 40.0 Å². The van der Waals surface area contributed by atoms with Crippen LogP contribution < -0.4 is 9.47 Å². The molecule has 138 valence electrons. The zero-order valence-corrected chi connectivity index (χ0v) is 15.2. The first-order valence-corrected chi connectivity index (χ1v) is 8.14. The molecule has 0 aromatic heterocycles. The smallest absolute Gasteiger partial charge is 0.411 e. The van der Waals surface area contributed by atoms with Crippen LogP contribution in [0.3, 0.4) is 0 Å². The first kappa shape index (κ1) is 18.9. The molecular weight excluding hydrogens is 326 g/mol. The van der Waals surface area contributed by atoms with Gasteiger partial charge in [-0.15, -0.1) is 0 Å². The van der Waals surface area contributed by atoms with Gasteiger partial charge in [0.15, 0.2) is 11.5 Å². The van der Waals surface area contributed by atoms with Crippen LogP contribution in [0.5, 0.6) is 11.5 Å². The van der Waals surface area contributed by atoms with Gasteiger partial charge in [0.1, 0.15) is 11.6 Å². The molecule has 1 heterocycles. The van der Waals surface area contributed by atoms with Crippen LogP contribution in [0.2, 0.25) is 0 Å². The van der Waals surface area contributed by atoms with E-state index in [0.717, 1.165) is 5.56 Å². The molecule has 25 heavy (non-hydrogen) atoms. The second-order valence-corrected chi connectivity index (χ2v) is 6.95. The third-order valence-electron chi connectivity index (χ3n) is 4.07. The number of nitrogens with zero attached hydrogens (tertiary/aromatic N) is 1. The molecule has 1 amide bonds. The Morgan fingerprint density at radius 2 is 1.76 bits per heavy atom. The number of hydrogen-bond donors (Lipinski definition) is 1. The maximum Gasteiger partial charge on any atom is 0.411 e. The predicted molar refractivity (Wildman–Crippen MR) is 91.0 cm³/mol. The minimum atomic E-state index is -1.03. The summed E-state index contributed by atoms with van der Waals surface area (Å²) in [5.41, 5.74) is 0.0810. The molecule has 1 saturated heterocycles. The average molecular weight is 351 g/mol. The highest BCUT2D eigenvalue weighted by Gasteiger charge is 2.43. The van der Waals surface area contributed by atoms with Crippen molar-refractivity contribution in [2.45, 2.75) is 51.3 Å². The zero-order valence-electron chi connectivity index (χ0n) is 15.2. The first-order chi connectivity index (χ1) is 11.7. The molecule has 1 aliphatic rings. The number of rotatable bonds is 4. The summed E-state index contributed by atoms with van der Waals surface area (Å²) in [6, 6.07) is 4.03. The van der Waals surface area contributed by atoms with Crippen molar-refractivity contribution >= 4 is 12.1 Å². The number of carboxylic acids is 1. The molecule has 2 atom stereocenters. The van der Waals surface area contributed by atoms with Crippen LogP contribution in [0, 0.1) is 0 Å². The highest BCUT2D eigenvalue weighted by atomic mass is 16.6. The topological polar surface area (TPSA) is 85.3 Å². The van der Waals surface area contributed by atoms with Gasteiger partial charge < -0.3 is 19.3 Å². The number of benzene rings is 1. The zero-order chi connectivity index (χ0) is 18.8. The average Bonchev–Trinajstić information content (AvgIpc) is 2.97. The van der Waals surface area contributed by atoms with Crippen LogP contribution in [-0.4, -0.2) is 47.9 Å². The van der Waals surface area contributed by atoms with Crippen LogP contribution >= 0.6 is 0 Å². The lowest BCUT2D eigenvalue weighted by Gasteiger charge is -2.31. The second-order valence-electron chi connectivity index (χ2n) is 6.95. The molecule has 7 heteroatoms. The van der Waals surface area contributed by atoms with Crippen molar-refractivity contribution in [1.82, 2.24) is 4.90 Å². The lowest BCUT2D eigenvalue weighted by molar-refractivity contribution is -0.142. The summed E-state index contributed by atoms with van der Waals surface area (Å²) in [6.07, 6.45) is 0.274. The largest absolute Gasteiger partial charge is 0.493 e. The Labute approximate surface area is 147 Å². The van der Waals surface area contributed by atoms with Crippen molar-refractivity contribution in [1.29, 1.82) is 0 Å². The molecule has 1 N–H and O–H groups in total. The van der Waals surface area contributed by atoms with E-state index in [1.807, 2.05) is 6.07 Å². The molecule has 0 bridgehead atoms. The number of likely N-dealkylation sites (tertiary alicyclic amines) is 1. The molecule has 0 radical (unpaired) electrons. The molecule has 0 unspecified atom stereocenters. The number of aliphatic carboxylic acids is 1. The van der Waals surface area contributed by atoms with Crippen LogP contribution in [-0.2, 0) is 9.53 Å². The van der Waals surface area contributed by atoms with E-state index in [2.05, 4.69) is 0 Å². The number of methoxy groups -OCH3 is 2. The van der Waals surface area contributed by atoms with Crippen molar-refractivity contribution < 1.29 is 28.9 Å². The van der Waals surface area contributed by atoms with Gasteiger partial charge in [-0.3, -0.25) is 4.90 Å². The van der Waals surface area contributed by atoms with E-state index in [4.69, 9.17) is 14.2 Å². The van der Waals surface area contributed by atoms with E-state index >= 15 is 0 Å². The van der Waals surface area contributed by atoms with E-state index in [-0.39, 0.29) is 0 Å². The fourth-order valence-corrected chi connectivity index (χ4v) is 3.01. The number of ether oxygens (including phenoxy) is 3. The molecule has 7 nitrogen and oxygen atoms in total. The van der Waals surface area contributed by atoms with Crippen molar-refractivity contribution in [3.63, 3.8) is 0 Å². The third kappa shape index (κ3) is 4.15. The number of amides is 1. The fourth-order valence-electron chi connectivity index (χ4n) is 3.01. The van der Waals surface area contributed by atoms with Gasteiger partial charge in [0, 0.05) is 0 Å². The minimum absolute atomic E-state index is 0.369. The van der Waals surface area contributed by atoms with E-state index in [0.29, 0.717) is 24.3 Å².